The van der Waals surface area contributed by atoms with Crippen molar-refractivity contribution in [3.05, 3.63) is 71.4 Å². The van der Waals surface area contributed by atoms with Crippen LogP contribution in [-0.2, 0) is 6.42 Å². The number of hydrogen-bond donors (Lipinski definition) is 2. The molecule has 150 valence electrons. The summed E-state index contributed by atoms with van der Waals surface area (Å²) in [6, 6.07) is 15.0. The highest BCUT2D eigenvalue weighted by Crippen LogP contribution is 2.29. The summed E-state index contributed by atoms with van der Waals surface area (Å²) in [5.41, 5.74) is 4.41. The van der Waals surface area contributed by atoms with Gasteiger partial charge >= 0.3 is 0 Å². The second-order valence-electron chi connectivity index (χ2n) is 6.54. The average Bonchev–Trinajstić information content (AvgIpc) is 2.75. The highest BCUT2D eigenvalue weighted by molar-refractivity contribution is 6.05. The van der Waals surface area contributed by atoms with Gasteiger partial charge in [-0.3, -0.25) is 4.79 Å². The summed E-state index contributed by atoms with van der Waals surface area (Å²) >= 11 is 0. The quantitative estimate of drug-likeness (QED) is 0.595. The van der Waals surface area contributed by atoms with Gasteiger partial charge < -0.3 is 20.1 Å². The minimum absolute atomic E-state index is 0.277. The van der Waals surface area contributed by atoms with E-state index in [-0.39, 0.29) is 5.91 Å². The fourth-order valence-electron chi connectivity index (χ4n) is 3.04. The molecule has 3 rings (SSSR count). The van der Waals surface area contributed by atoms with Gasteiger partial charge in [0.2, 0.25) is 0 Å². The SMILES string of the molecule is CCc1cccc(C)c1Nc1ccc(C(=O)Nc2cc(OC)ccc2OC)cn1. The molecule has 6 nitrogen and oxygen atoms in total. The van der Waals surface area contributed by atoms with Crippen LogP contribution in [0.15, 0.2) is 54.7 Å². The maximum Gasteiger partial charge on any atom is 0.257 e. The molecule has 6 heteroatoms. The molecule has 0 fully saturated rings. The topological polar surface area (TPSA) is 72.5 Å². The van der Waals surface area contributed by atoms with Gasteiger partial charge in [0.25, 0.3) is 5.91 Å². The van der Waals surface area contributed by atoms with Gasteiger partial charge in [0, 0.05) is 18.0 Å². The van der Waals surface area contributed by atoms with Crippen LogP contribution in [-0.4, -0.2) is 25.1 Å². The van der Waals surface area contributed by atoms with Crippen molar-refractivity contribution in [1.82, 2.24) is 4.98 Å². The van der Waals surface area contributed by atoms with Gasteiger partial charge in [-0.1, -0.05) is 25.1 Å². The van der Waals surface area contributed by atoms with Crippen LogP contribution in [0, 0.1) is 6.92 Å². The maximum absolute atomic E-state index is 12.6. The molecule has 0 unspecified atom stereocenters. The molecule has 0 saturated carbocycles. The molecule has 1 amide bonds. The fraction of sp³-hybridized carbons (Fsp3) is 0.217. The van der Waals surface area contributed by atoms with Crippen molar-refractivity contribution in [3.8, 4) is 11.5 Å². The standard InChI is InChI=1S/C23H25N3O3/c1-5-16-8-6-7-15(2)22(16)26-21-12-9-17(14-24-21)23(27)25-19-13-18(28-3)10-11-20(19)29-4/h6-14H,5H2,1-4H3,(H,24,26)(H,25,27). The average molecular weight is 391 g/mol. The van der Waals surface area contributed by atoms with Crippen LogP contribution < -0.4 is 20.1 Å². The number of anilines is 3. The largest absolute Gasteiger partial charge is 0.497 e. The van der Waals surface area contributed by atoms with E-state index >= 15 is 0 Å². The smallest absolute Gasteiger partial charge is 0.257 e. The highest BCUT2D eigenvalue weighted by atomic mass is 16.5. The number of benzene rings is 2. The van der Waals surface area contributed by atoms with E-state index in [9.17, 15) is 4.79 Å². The molecule has 0 aliphatic heterocycles. The van der Waals surface area contributed by atoms with Crippen LogP contribution in [0.2, 0.25) is 0 Å². The van der Waals surface area contributed by atoms with E-state index in [1.54, 1.807) is 50.7 Å². The molecule has 0 radical (unpaired) electrons. The minimum Gasteiger partial charge on any atom is -0.497 e. The van der Waals surface area contributed by atoms with Crippen LogP contribution in [0.1, 0.15) is 28.4 Å². The summed E-state index contributed by atoms with van der Waals surface area (Å²) < 4.78 is 10.5. The number of carbonyl (C=O) groups excluding carboxylic acids is 1. The van der Waals surface area contributed by atoms with Gasteiger partial charge in [0.1, 0.15) is 17.3 Å². The van der Waals surface area contributed by atoms with Crippen molar-refractivity contribution in [2.45, 2.75) is 20.3 Å². The molecular weight excluding hydrogens is 366 g/mol. The van der Waals surface area contributed by atoms with Gasteiger partial charge in [-0.25, -0.2) is 4.98 Å². The van der Waals surface area contributed by atoms with Gasteiger partial charge in [-0.15, -0.1) is 0 Å². The van der Waals surface area contributed by atoms with E-state index in [2.05, 4.69) is 41.6 Å². The third kappa shape index (κ3) is 4.66. The van der Waals surface area contributed by atoms with Crippen LogP contribution in [0.25, 0.3) is 0 Å². The molecule has 2 aromatic carbocycles. The van der Waals surface area contributed by atoms with E-state index in [4.69, 9.17) is 9.47 Å². The summed E-state index contributed by atoms with van der Waals surface area (Å²) in [7, 11) is 3.12. The Kier molecular flexibility index (Phi) is 6.34. The summed E-state index contributed by atoms with van der Waals surface area (Å²) in [6.07, 6.45) is 2.47. The van der Waals surface area contributed by atoms with Crippen molar-refractivity contribution < 1.29 is 14.3 Å². The normalized spacial score (nSPS) is 10.3. The summed E-state index contributed by atoms with van der Waals surface area (Å²) in [4.78, 5) is 17.0. The first-order chi connectivity index (χ1) is 14.0. The Morgan fingerprint density at radius 1 is 1.07 bits per heavy atom. The Morgan fingerprint density at radius 2 is 1.90 bits per heavy atom. The van der Waals surface area contributed by atoms with E-state index in [0.717, 1.165) is 17.7 Å². The number of hydrogen-bond acceptors (Lipinski definition) is 5. The number of amides is 1. The zero-order valence-corrected chi connectivity index (χ0v) is 17.1. The lowest BCUT2D eigenvalue weighted by molar-refractivity contribution is 0.102. The molecule has 0 saturated heterocycles. The highest BCUT2D eigenvalue weighted by Gasteiger charge is 2.12. The molecule has 0 spiro atoms. The molecule has 1 aromatic heterocycles. The monoisotopic (exact) mass is 391 g/mol. The number of para-hydroxylation sites is 1. The van der Waals surface area contributed by atoms with Crippen molar-refractivity contribution in [2.75, 3.05) is 24.9 Å². The first kappa shape index (κ1) is 20.2. The van der Waals surface area contributed by atoms with Crippen molar-refractivity contribution in [1.29, 1.82) is 0 Å². The third-order valence-corrected chi connectivity index (χ3v) is 4.67. The molecule has 2 N–H and O–H groups in total. The number of nitrogens with zero attached hydrogens (tertiary/aromatic N) is 1. The van der Waals surface area contributed by atoms with Gasteiger partial charge in [0.05, 0.1) is 25.5 Å². The van der Waals surface area contributed by atoms with Crippen LogP contribution >= 0.6 is 0 Å². The fourth-order valence-corrected chi connectivity index (χ4v) is 3.04. The first-order valence-electron chi connectivity index (χ1n) is 9.40. The molecular formula is C23H25N3O3. The Morgan fingerprint density at radius 3 is 2.55 bits per heavy atom. The van der Waals surface area contributed by atoms with Crippen LogP contribution in [0.4, 0.5) is 17.2 Å². The second kappa shape index (κ2) is 9.10. The van der Waals surface area contributed by atoms with E-state index in [0.29, 0.717) is 28.6 Å². The first-order valence-corrected chi connectivity index (χ1v) is 9.40. The predicted octanol–water partition coefficient (Wildman–Crippen LogP) is 4.97. The van der Waals surface area contributed by atoms with Gasteiger partial charge in [-0.05, 0) is 48.7 Å². The van der Waals surface area contributed by atoms with Crippen molar-refractivity contribution >= 4 is 23.1 Å². The number of carbonyl (C=O) groups is 1. The Labute approximate surface area is 170 Å². The number of rotatable bonds is 7. The maximum atomic E-state index is 12.6. The van der Waals surface area contributed by atoms with Crippen molar-refractivity contribution in [2.24, 2.45) is 0 Å². The number of ether oxygens (including phenoxy) is 2. The molecule has 0 aliphatic rings. The van der Waals surface area contributed by atoms with Crippen molar-refractivity contribution in [3.63, 3.8) is 0 Å². The lowest BCUT2D eigenvalue weighted by Gasteiger charge is -2.14. The number of aryl methyl sites for hydroxylation is 2. The number of pyridine rings is 1. The zero-order valence-electron chi connectivity index (χ0n) is 17.1. The summed E-state index contributed by atoms with van der Waals surface area (Å²) in [5.74, 6) is 1.59. The predicted molar refractivity (Wildman–Crippen MR) is 116 cm³/mol. The Hall–Kier alpha value is -3.54. The molecule has 0 aliphatic carbocycles. The van der Waals surface area contributed by atoms with E-state index < -0.39 is 0 Å². The molecule has 3 aromatic rings. The second-order valence-corrected chi connectivity index (χ2v) is 6.54. The third-order valence-electron chi connectivity index (χ3n) is 4.67. The summed E-state index contributed by atoms with van der Waals surface area (Å²) in [5, 5.41) is 6.21. The van der Waals surface area contributed by atoms with E-state index in [1.165, 1.54) is 5.56 Å². The van der Waals surface area contributed by atoms with Gasteiger partial charge in [0.15, 0.2) is 0 Å². The zero-order chi connectivity index (χ0) is 20.8. The Balaban J connectivity index is 1.76. The van der Waals surface area contributed by atoms with Crippen LogP contribution in [0.5, 0.6) is 11.5 Å². The minimum atomic E-state index is -0.277. The number of aromatic nitrogens is 1. The molecule has 29 heavy (non-hydrogen) atoms. The molecule has 1 heterocycles. The molecule has 0 bridgehead atoms. The number of methoxy groups -OCH3 is 2. The van der Waals surface area contributed by atoms with Gasteiger partial charge in [-0.2, -0.15) is 0 Å². The number of nitrogens with one attached hydrogen (secondary N) is 2. The Bertz CT molecular complexity index is 1000. The molecule has 0 atom stereocenters. The lowest BCUT2D eigenvalue weighted by Crippen LogP contribution is -2.13. The lowest BCUT2D eigenvalue weighted by atomic mass is 10.1. The van der Waals surface area contributed by atoms with E-state index in [1.807, 2.05) is 6.07 Å². The van der Waals surface area contributed by atoms with Crippen LogP contribution in [0.3, 0.4) is 0 Å². The summed E-state index contributed by atoms with van der Waals surface area (Å²) in [6.45, 7) is 4.18.